The fraction of sp³-hybridized carbons (Fsp3) is 0.158. The van der Waals surface area contributed by atoms with Gasteiger partial charge in [-0.3, -0.25) is 19.3 Å². The molecule has 0 bridgehead atoms. The lowest BCUT2D eigenvalue weighted by atomic mass is 10.1. The first-order valence-corrected chi connectivity index (χ1v) is 8.74. The van der Waals surface area contributed by atoms with Crippen molar-refractivity contribution < 1.29 is 14.4 Å². The highest BCUT2D eigenvalue weighted by molar-refractivity contribution is 9.10. The van der Waals surface area contributed by atoms with Gasteiger partial charge in [0.2, 0.25) is 5.91 Å². The molecule has 0 aliphatic carbocycles. The van der Waals surface area contributed by atoms with E-state index in [-0.39, 0.29) is 30.7 Å². The predicted molar refractivity (Wildman–Crippen MR) is 98.5 cm³/mol. The maximum absolute atomic E-state index is 12.3. The number of nitrogens with zero attached hydrogens (tertiary/aromatic N) is 2. The monoisotopic (exact) mass is 411 g/mol. The number of halogens is 1. The van der Waals surface area contributed by atoms with Crippen molar-refractivity contribution in [3.05, 3.63) is 63.6 Å². The number of hydrogen-bond acceptors (Lipinski definition) is 4. The van der Waals surface area contributed by atoms with Crippen LogP contribution in [0.2, 0.25) is 0 Å². The van der Waals surface area contributed by atoms with Gasteiger partial charge in [-0.25, -0.2) is 0 Å². The van der Waals surface area contributed by atoms with E-state index in [4.69, 9.17) is 5.26 Å². The molecule has 0 unspecified atom stereocenters. The average Bonchev–Trinajstić information content (AvgIpc) is 2.86. The van der Waals surface area contributed by atoms with E-state index in [0.29, 0.717) is 28.8 Å². The molecule has 130 valence electrons. The summed E-state index contributed by atoms with van der Waals surface area (Å²) in [5.74, 6) is -0.910. The lowest BCUT2D eigenvalue weighted by molar-refractivity contribution is -0.116. The van der Waals surface area contributed by atoms with Gasteiger partial charge < -0.3 is 5.32 Å². The molecular weight excluding hydrogens is 398 g/mol. The Morgan fingerprint density at radius 3 is 2.65 bits per heavy atom. The zero-order valence-corrected chi connectivity index (χ0v) is 15.2. The van der Waals surface area contributed by atoms with E-state index in [9.17, 15) is 14.4 Å². The molecule has 2 aromatic carbocycles. The molecule has 0 saturated carbocycles. The van der Waals surface area contributed by atoms with Gasteiger partial charge >= 0.3 is 0 Å². The van der Waals surface area contributed by atoms with Gasteiger partial charge in [0, 0.05) is 23.1 Å². The molecule has 2 aromatic rings. The summed E-state index contributed by atoms with van der Waals surface area (Å²) >= 11 is 3.29. The van der Waals surface area contributed by atoms with Crippen molar-refractivity contribution in [3.8, 4) is 6.07 Å². The Morgan fingerprint density at radius 1 is 1.12 bits per heavy atom. The van der Waals surface area contributed by atoms with Gasteiger partial charge in [-0.15, -0.1) is 0 Å². The minimum Gasteiger partial charge on any atom is -0.326 e. The predicted octanol–water partition coefficient (Wildman–Crippen LogP) is 3.34. The van der Waals surface area contributed by atoms with E-state index in [1.54, 1.807) is 42.5 Å². The summed E-state index contributed by atoms with van der Waals surface area (Å²) < 4.78 is 0.734. The van der Waals surface area contributed by atoms with Crippen molar-refractivity contribution in [1.29, 1.82) is 5.26 Å². The largest absolute Gasteiger partial charge is 0.326 e. The second-order valence-corrected chi connectivity index (χ2v) is 6.71. The smallest absolute Gasteiger partial charge is 0.261 e. The Bertz CT molecular complexity index is 949. The number of benzene rings is 2. The summed E-state index contributed by atoms with van der Waals surface area (Å²) in [6, 6.07) is 13.6. The van der Waals surface area contributed by atoms with E-state index in [0.717, 1.165) is 4.47 Å². The van der Waals surface area contributed by atoms with Gasteiger partial charge in [-0.05, 0) is 42.8 Å². The van der Waals surface area contributed by atoms with Gasteiger partial charge in [0.05, 0.1) is 22.8 Å². The first kappa shape index (κ1) is 17.8. The molecule has 7 heteroatoms. The number of anilines is 1. The molecule has 0 atom stereocenters. The molecule has 0 saturated heterocycles. The van der Waals surface area contributed by atoms with Crippen molar-refractivity contribution in [2.24, 2.45) is 0 Å². The quantitative estimate of drug-likeness (QED) is 0.763. The average molecular weight is 412 g/mol. The SMILES string of the molecule is N#Cc1cccc(NC(=O)CCCN2C(=O)c3ccc(Br)cc3C2=O)c1. The second kappa shape index (κ2) is 7.50. The Morgan fingerprint density at radius 2 is 1.88 bits per heavy atom. The fourth-order valence-electron chi connectivity index (χ4n) is 2.75. The number of carbonyl (C=O) groups excluding carboxylic acids is 3. The van der Waals surface area contributed by atoms with Crippen LogP contribution in [0, 0.1) is 11.3 Å². The number of carbonyl (C=O) groups is 3. The van der Waals surface area contributed by atoms with Crippen LogP contribution in [0.25, 0.3) is 0 Å². The highest BCUT2D eigenvalue weighted by atomic mass is 79.9. The molecule has 1 aliphatic heterocycles. The van der Waals surface area contributed by atoms with E-state index in [1.807, 2.05) is 6.07 Å². The number of amides is 3. The highest BCUT2D eigenvalue weighted by Crippen LogP contribution is 2.26. The summed E-state index contributed by atoms with van der Waals surface area (Å²) in [4.78, 5) is 37.9. The van der Waals surface area contributed by atoms with Crippen LogP contribution in [0.3, 0.4) is 0 Å². The fourth-order valence-corrected chi connectivity index (χ4v) is 3.11. The van der Waals surface area contributed by atoms with Crippen molar-refractivity contribution in [1.82, 2.24) is 4.90 Å². The summed E-state index contributed by atoms with van der Waals surface area (Å²) in [6.45, 7) is 0.176. The zero-order valence-electron chi connectivity index (χ0n) is 13.7. The third-order valence-corrected chi connectivity index (χ3v) is 4.49. The van der Waals surface area contributed by atoms with Crippen LogP contribution in [-0.4, -0.2) is 29.2 Å². The third-order valence-electron chi connectivity index (χ3n) is 3.99. The number of rotatable bonds is 5. The van der Waals surface area contributed by atoms with Crippen LogP contribution >= 0.6 is 15.9 Å². The molecule has 26 heavy (non-hydrogen) atoms. The minimum absolute atomic E-state index is 0.161. The van der Waals surface area contributed by atoms with Gasteiger partial charge in [-0.2, -0.15) is 5.26 Å². The molecular formula is C19H14BrN3O3. The third kappa shape index (κ3) is 3.65. The molecule has 3 amide bonds. The summed E-state index contributed by atoms with van der Waals surface area (Å²) in [5.41, 5.74) is 1.76. The van der Waals surface area contributed by atoms with Crippen LogP contribution < -0.4 is 5.32 Å². The molecule has 0 spiro atoms. The van der Waals surface area contributed by atoms with Crippen molar-refractivity contribution in [2.45, 2.75) is 12.8 Å². The first-order chi connectivity index (χ1) is 12.5. The maximum Gasteiger partial charge on any atom is 0.261 e. The van der Waals surface area contributed by atoms with Crippen molar-refractivity contribution in [2.75, 3.05) is 11.9 Å². The van der Waals surface area contributed by atoms with Crippen LogP contribution in [0.15, 0.2) is 46.9 Å². The normalized spacial score (nSPS) is 12.7. The van der Waals surface area contributed by atoms with Crippen molar-refractivity contribution in [3.63, 3.8) is 0 Å². The Hall–Kier alpha value is -2.98. The summed E-state index contributed by atoms with van der Waals surface area (Å²) in [6.07, 6.45) is 0.518. The minimum atomic E-state index is -0.339. The number of imide groups is 1. The van der Waals surface area contributed by atoms with Crippen LogP contribution in [0.4, 0.5) is 5.69 Å². The molecule has 1 N–H and O–H groups in total. The topological polar surface area (TPSA) is 90.3 Å². The highest BCUT2D eigenvalue weighted by Gasteiger charge is 2.35. The number of nitriles is 1. The Balaban J connectivity index is 1.55. The standard InChI is InChI=1S/C19H14BrN3O3/c20-13-6-7-15-16(10-13)19(26)23(18(15)25)8-2-5-17(24)22-14-4-1-3-12(9-14)11-21/h1,3-4,6-7,9-10H,2,5,8H2,(H,22,24). The molecule has 0 radical (unpaired) electrons. The molecule has 6 nitrogen and oxygen atoms in total. The molecule has 1 aliphatic rings. The second-order valence-electron chi connectivity index (χ2n) is 5.80. The molecule has 0 aromatic heterocycles. The van der Waals surface area contributed by atoms with Gasteiger partial charge in [-0.1, -0.05) is 22.0 Å². The summed E-state index contributed by atoms with van der Waals surface area (Å²) in [7, 11) is 0. The summed E-state index contributed by atoms with van der Waals surface area (Å²) in [5, 5.41) is 11.6. The lowest BCUT2D eigenvalue weighted by Gasteiger charge is -2.13. The Labute approximate surface area is 158 Å². The van der Waals surface area contributed by atoms with Crippen molar-refractivity contribution >= 4 is 39.3 Å². The number of hydrogen-bond donors (Lipinski definition) is 1. The van der Waals surface area contributed by atoms with Gasteiger partial charge in [0.1, 0.15) is 0 Å². The Kier molecular flexibility index (Phi) is 5.14. The molecule has 1 heterocycles. The van der Waals surface area contributed by atoms with E-state index in [1.165, 1.54) is 4.90 Å². The van der Waals surface area contributed by atoms with Gasteiger partial charge in [0.25, 0.3) is 11.8 Å². The first-order valence-electron chi connectivity index (χ1n) is 7.95. The maximum atomic E-state index is 12.3. The zero-order chi connectivity index (χ0) is 18.7. The number of fused-ring (bicyclic) bond motifs is 1. The molecule has 0 fully saturated rings. The molecule has 3 rings (SSSR count). The van der Waals surface area contributed by atoms with Crippen LogP contribution in [-0.2, 0) is 4.79 Å². The number of nitrogens with one attached hydrogen (secondary N) is 1. The lowest BCUT2D eigenvalue weighted by Crippen LogP contribution is -2.31. The van der Waals surface area contributed by atoms with Gasteiger partial charge in [0.15, 0.2) is 0 Å². The van der Waals surface area contributed by atoms with Crippen LogP contribution in [0.1, 0.15) is 39.1 Å². The van der Waals surface area contributed by atoms with E-state index in [2.05, 4.69) is 21.2 Å². The van der Waals surface area contributed by atoms with Crippen LogP contribution in [0.5, 0.6) is 0 Å². The van der Waals surface area contributed by atoms with E-state index >= 15 is 0 Å². The van der Waals surface area contributed by atoms with E-state index < -0.39 is 0 Å².